The summed E-state index contributed by atoms with van der Waals surface area (Å²) in [7, 11) is -2.35. The molecule has 0 saturated carbocycles. The first kappa shape index (κ1) is 19.4. The van der Waals surface area contributed by atoms with Crippen LogP contribution in [-0.4, -0.2) is 0 Å². The average molecular weight is 407 g/mol. The number of rotatable bonds is 4. The molecule has 0 aromatic heterocycles. The molecule has 4 rings (SSSR count). The van der Waals surface area contributed by atoms with Crippen LogP contribution in [0.3, 0.4) is 0 Å². The Hall–Kier alpha value is -2.90. The van der Waals surface area contributed by atoms with Crippen LogP contribution in [0.15, 0.2) is 115 Å². The summed E-state index contributed by atoms with van der Waals surface area (Å²) in [6.07, 6.45) is -4.36. The smallest absolute Gasteiger partial charge is 0.166 e. The largest absolute Gasteiger partial charge is 0.416 e. The molecule has 4 heteroatoms. The second-order valence-corrected chi connectivity index (χ2v) is 10.1. The van der Waals surface area contributed by atoms with Gasteiger partial charge in [-0.3, -0.25) is 0 Å². The van der Waals surface area contributed by atoms with Crippen LogP contribution in [0, 0.1) is 0 Å². The maximum absolute atomic E-state index is 13.2. The quantitative estimate of drug-likeness (QED) is 0.402. The number of halogens is 3. The molecule has 0 heterocycles. The highest BCUT2D eigenvalue weighted by atomic mass is 31.2. The lowest BCUT2D eigenvalue weighted by Gasteiger charge is -2.27. The predicted molar refractivity (Wildman–Crippen MR) is 116 cm³/mol. The van der Waals surface area contributed by atoms with Gasteiger partial charge in [0, 0.05) is 0 Å². The summed E-state index contributed by atoms with van der Waals surface area (Å²) in [6.45, 7) is 0. The van der Waals surface area contributed by atoms with Crippen molar-refractivity contribution in [2.75, 3.05) is 0 Å². The minimum absolute atomic E-state index is 0.631. The van der Waals surface area contributed by atoms with Crippen molar-refractivity contribution in [3.05, 3.63) is 121 Å². The van der Waals surface area contributed by atoms with E-state index in [-0.39, 0.29) is 0 Å². The number of hydrogen-bond acceptors (Lipinski definition) is 0. The Labute approximate surface area is 169 Å². The van der Waals surface area contributed by atoms with Crippen molar-refractivity contribution in [3.8, 4) is 0 Å². The first-order chi connectivity index (χ1) is 14.0. The Morgan fingerprint density at radius 1 is 0.414 bits per heavy atom. The van der Waals surface area contributed by atoms with Crippen molar-refractivity contribution < 1.29 is 13.2 Å². The molecule has 0 amide bonds. The molecule has 0 atom stereocenters. The van der Waals surface area contributed by atoms with Gasteiger partial charge in [0.25, 0.3) is 0 Å². The molecular formula is C25H19F3P+. The molecule has 0 bridgehead atoms. The fraction of sp³-hybridized carbons (Fsp3) is 0.0400. The number of alkyl halides is 3. The Balaban J connectivity index is 2.06. The highest BCUT2D eigenvalue weighted by Gasteiger charge is 2.48. The first-order valence-corrected chi connectivity index (χ1v) is 11.1. The molecule has 0 radical (unpaired) electrons. The van der Waals surface area contributed by atoms with E-state index in [9.17, 15) is 13.2 Å². The number of benzene rings is 4. The molecule has 144 valence electrons. The van der Waals surface area contributed by atoms with Crippen LogP contribution in [0.4, 0.5) is 13.2 Å². The summed E-state index contributed by atoms with van der Waals surface area (Å²) in [6, 6.07) is 35.9. The van der Waals surface area contributed by atoms with Gasteiger partial charge in [-0.25, -0.2) is 0 Å². The third kappa shape index (κ3) is 3.59. The summed E-state index contributed by atoms with van der Waals surface area (Å²) in [5.74, 6) is 0. The Bertz CT molecular complexity index is 961. The van der Waals surface area contributed by atoms with Crippen molar-refractivity contribution in [1.82, 2.24) is 0 Å². The zero-order chi connectivity index (χ0) is 20.3. The molecule has 0 spiro atoms. The van der Waals surface area contributed by atoms with E-state index in [1.807, 2.05) is 54.6 Å². The standard InChI is InChI=1S/C25H19F3P/c26-25(27,28)20-16-18-24(19-17-20)29(21-10-4-1-5-11-21,22-12-6-2-7-13-22)23-14-8-3-9-15-23/h1-19H/q+1. The van der Waals surface area contributed by atoms with E-state index in [2.05, 4.69) is 36.4 Å². The molecule has 0 N–H and O–H groups in total. The van der Waals surface area contributed by atoms with Crippen LogP contribution >= 0.6 is 7.26 Å². The van der Waals surface area contributed by atoms with E-state index in [0.29, 0.717) is 0 Å². The highest BCUT2D eigenvalue weighted by Crippen LogP contribution is 2.54. The second kappa shape index (κ2) is 7.85. The van der Waals surface area contributed by atoms with Crippen LogP contribution in [0.5, 0.6) is 0 Å². The molecule has 0 nitrogen and oxygen atoms in total. The maximum Gasteiger partial charge on any atom is 0.416 e. The molecular weight excluding hydrogens is 388 g/mol. The van der Waals surface area contributed by atoms with Crippen LogP contribution in [0.1, 0.15) is 5.56 Å². The van der Waals surface area contributed by atoms with E-state index in [1.165, 1.54) is 12.1 Å². The predicted octanol–water partition coefficient (Wildman–Crippen LogP) is 5.32. The molecule has 0 aliphatic carbocycles. The Kier molecular flexibility index (Phi) is 5.25. The van der Waals surface area contributed by atoms with Crippen molar-refractivity contribution in [2.24, 2.45) is 0 Å². The lowest BCUT2D eigenvalue weighted by Crippen LogP contribution is -2.38. The van der Waals surface area contributed by atoms with Crippen LogP contribution in [0.25, 0.3) is 0 Å². The van der Waals surface area contributed by atoms with Gasteiger partial charge in [0.1, 0.15) is 28.5 Å². The summed E-state index contributed by atoms with van der Waals surface area (Å²) >= 11 is 0. The molecule has 0 aliphatic rings. The van der Waals surface area contributed by atoms with Gasteiger partial charge < -0.3 is 0 Å². The number of hydrogen-bond donors (Lipinski definition) is 0. The van der Waals surface area contributed by atoms with Gasteiger partial charge in [-0.05, 0) is 60.7 Å². The van der Waals surface area contributed by atoms with E-state index in [1.54, 1.807) is 12.1 Å². The minimum Gasteiger partial charge on any atom is -0.166 e. The molecule has 0 unspecified atom stereocenters. The van der Waals surface area contributed by atoms with E-state index >= 15 is 0 Å². The Morgan fingerprint density at radius 2 is 0.724 bits per heavy atom. The third-order valence-electron chi connectivity index (χ3n) is 5.01. The molecule has 0 aliphatic heterocycles. The normalized spacial score (nSPS) is 12.0. The summed E-state index contributed by atoms with van der Waals surface area (Å²) in [4.78, 5) is 0. The van der Waals surface area contributed by atoms with Gasteiger partial charge in [-0.1, -0.05) is 54.6 Å². The van der Waals surface area contributed by atoms with Gasteiger partial charge in [0.05, 0.1) is 5.56 Å². The topological polar surface area (TPSA) is 0 Å². The van der Waals surface area contributed by atoms with Crippen molar-refractivity contribution in [1.29, 1.82) is 0 Å². The molecule has 4 aromatic rings. The Morgan fingerprint density at radius 3 is 1.03 bits per heavy atom. The van der Waals surface area contributed by atoms with Crippen LogP contribution < -0.4 is 21.2 Å². The van der Waals surface area contributed by atoms with E-state index in [0.717, 1.165) is 21.2 Å². The monoisotopic (exact) mass is 407 g/mol. The van der Waals surface area contributed by atoms with Gasteiger partial charge in [-0.2, -0.15) is 13.2 Å². The van der Waals surface area contributed by atoms with Gasteiger partial charge in [0.15, 0.2) is 0 Å². The molecule has 0 fully saturated rings. The van der Waals surface area contributed by atoms with Gasteiger partial charge >= 0.3 is 6.18 Å². The summed E-state index contributed by atoms with van der Waals surface area (Å²) < 4.78 is 39.6. The van der Waals surface area contributed by atoms with Crippen molar-refractivity contribution in [3.63, 3.8) is 0 Å². The highest BCUT2D eigenvalue weighted by molar-refractivity contribution is 8.01. The molecule has 4 aromatic carbocycles. The first-order valence-electron chi connectivity index (χ1n) is 9.26. The minimum atomic E-state index is -4.36. The fourth-order valence-electron chi connectivity index (χ4n) is 3.72. The van der Waals surface area contributed by atoms with E-state index in [4.69, 9.17) is 0 Å². The molecule has 0 saturated heterocycles. The van der Waals surface area contributed by atoms with Crippen LogP contribution in [0.2, 0.25) is 0 Å². The lowest BCUT2D eigenvalue weighted by atomic mass is 10.2. The van der Waals surface area contributed by atoms with Gasteiger partial charge in [-0.15, -0.1) is 0 Å². The lowest BCUT2D eigenvalue weighted by molar-refractivity contribution is -0.137. The summed E-state index contributed by atoms with van der Waals surface area (Å²) in [5.41, 5.74) is -0.631. The van der Waals surface area contributed by atoms with Crippen molar-refractivity contribution in [2.45, 2.75) is 6.18 Å². The zero-order valence-electron chi connectivity index (χ0n) is 15.6. The second-order valence-electron chi connectivity index (χ2n) is 6.72. The average Bonchev–Trinajstić information content (AvgIpc) is 2.76. The fourth-order valence-corrected chi connectivity index (χ4v) is 7.97. The van der Waals surface area contributed by atoms with Crippen molar-refractivity contribution >= 4 is 28.5 Å². The zero-order valence-corrected chi connectivity index (χ0v) is 16.4. The van der Waals surface area contributed by atoms with Gasteiger partial charge in [0.2, 0.25) is 0 Å². The van der Waals surface area contributed by atoms with E-state index < -0.39 is 19.0 Å². The maximum atomic E-state index is 13.2. The summed E-state index contributed by atoms with van der Waals surface area (Å²) in [5, 5.41) is 4.22. The van der Waals surface area contributed by atoms with Crippen LogP contribution in [-0.2, 0) is 6.18 Å². The third-order valence-corrected chi connectivity index (χ3v) is 9.30. The molecule has 29 heavy (non-hydrogen) atoms. The SMILES string of the molecule is FC(F)(F)c1ccc([P+](c2ccccc2)(c2ccccc2)c2ccccc2)cc1.